The highest BCUT2D eigenvalue weighted by Crippen LogP contribution is 2.23. The third-order valence-electron chi connectivity index (χ3n) is 2.96. The molecule has 0 radical (unpaired) electrons. The van der Waals surface area contributed by atoms with E-state index in [2.05, 4.69) is 21.2 Å². The summed E-state index contributed by atoms with van der Waals surface area (Å²) in [5.74, 6) is -1.07. The fourth-order valence-corrected chi connectivity index (χ4v) is 2.74. The number of carbonyl (C=O) groups excluding carboxylic acids is 1. The lowest BCUT2D eigenvalue weighted by molar-refractivity contribution is 0.102. The molecule has 0 aromatic heterocycles. The Kier molecular flexibility index (Phi) is 4.64. The molecule has 0 fully saturated rings. The van der Waals surface area contributed by atoms with Crippen molar-refractivity contribution in [2.45, 2.75) is 11.8 Å². The van der Waals surface area contributed by atoms with Crippen molar-refractivity contribution in [2.24, 2.45) is 5.14 Å². The van der Waals surface area contributed by atoms with Gasteiger partial charge in [-0.2, -0.15) is 0 Å². The lowest BCUT2D eigenvalue weighted by Gasteiger charge is -2.10. The van der Waals surface area contributed by atoms with Gasteiger partial charge in [-0.3, -0.25) is 4.79 Å². The summed E-state index contributed by atoms with van der Waals surface area (Å²) in [4.78, 5) is 12.1. The van der Waals surface area contributed by atoms with Crippen LogP contribution in [-0.4, -0.2) is 14.3 Å². The Morgan fingerprint density at radius 1 is 1.23 bits per heavy atom. The first kappa shape index (κ1) is 16.6. The molecule has 5 nitrogen and oxygen atoms in total. The molecule has 2 aromatic carbocycles. The van der Waals surface area contributed by atoms with Gasteiger partial charge in [0.05, 0.1) is 10.5 Å². The van der Waals surface area contributed by atoms with Crippen LogP contribution in [0.2, 0.25) is 0 Å². The maximum atomic E-state index is 13.2. The minimum Gasteiger partial charge on any atom is -0.322 e. The topological polar surface area (TPSA) is 89.3 Å². The summed E-state index contributed by atoms with van der Waals surface area (Å²) in [6.07, 6.45) is 0. The van der Waals surface area contributed by atoms with Crippen LogP contribution in [-0.2, 0) is 10.0 Å². The quantitative estimate of drug-likeness (QED) is 0.849. The zero-order chi connectivity index (χ0) is 16.5. The first-order valence-corrected chi connectivity index (χ1v) is 8.42. The summed E-state index contributed by atoms with van der Waals surface area (Å²) >= 11 is 3.17. The molecule has 116 valence electrons. The van der Waals surface area contributed by atoms with Crippen molar-refractivity contribution in [1.82, 2.24) is 0 Å². The van der Waals surface area contributed by atoms with Crippen LogP contribution in [0.3, 0.4) is 0 Å². The highest BCUT2D eigenvalue weighted by molar-refractivity contribution is 9.10. The molecule has 8 heteroatoms. The lowest BCUT2D eigenvalue weighted by Crippen LogP contribution is -2.16. The maximum Gasteiger partial charge on any atom is 0.256 e. The molecule has 0 aliphatic heterocycles. The van der Waals surface area contributed by atoms with Crippen LogP contribution in [0.4, 0.5) is 10.1 Å². The normalized spacial score (nSPS) is 11.3. The molecule has 1 amide bonds. The van der Waals surface area contributed by atoms with Gasteiger partial charge in [-0.15, -0.1) is 0 Å². The van der Waals surface area contributed by atoms with Gasteiger partial charge >= 0.3 is 0 Å². The summed E-state index contributed by atoms with van der Waals surface area (Å²) < 4.78 is 36.4. The molecular weight excluding hydrogens is 375 g/mol. The second-order valence-corrected chi connectivity index (χ2v) is 7.02. The van der Waals surface area contributed by atoms with Crippen LogP contribution >= 0.6 is 15.9 Å². The number of nitrogens with two attached hydrogens (primary N) is 1. The molecular formula is C14H12BrFN2O3S. The minimum atomic E-state index is -3.92. The first-order valence-electron chi connectivity index (χ1n) is 6.08. The molecule has 0 atom stereocenters. The molecule has 0 aliphatic carbocycles. The zero-order valence-electron chi connectivity index (χ0n) is 11.4. The number of rotatable bonds is 3. The number of hydrogen-bond acceptors (Lipinski definition) is 3. The van der Waals surface area contributed by atoms with Gasteiger partial charge in [0.2, 0.25) is 10.0 Å². The Labute approximate surface area is 135 Å². The number of anilines is 1. The highest BCUT2D eigenvalue weighted by Gasteiger charge is 2.16. The number of carbonyl (C=O) groups is 1. The van der Waals surface area contributed by atoms with Crippen LogP contribution in [0, 0.1) is 12.7 Å². The van der Waals surface area contributed by atoms with Crippen molar-refractivity contribution < 1.29 is 17.6 Å². The summed E-state index contributed by atoms with van der Waals surface area (Å²) in [5.41, 5.74) is 1.06. The van der Waals surface area contributed by atoms with Gasteiger partial charge in [-0.05, 0) is 58.7 Å². The van der Waals surface area contributed by atoms with Crippen molar-refractivity contribution in [3.63, 3.8) is 0 Å². The molecule has 0 heterocycles. The largest absolute Gasteiger partial charge is 0.322 e. The van der Waals surface area contributed by atoms with Crippen molar-refractivity contribution >= 4 is 37.5 Å². The van der Waals surface area contributed by atoms with E-state index in [0.717, 1.165) is 6.07 Å². The molecule has 0 bridgehead atoms. The molecule has 0 unspecified atom stereocenters. The van der Waals surface area contributed by atoms with Crippen LogP contribution in [0.1, 0.15) is 15.9 Å². The Morgan fingerprint density at radius 3 is 2.55 bits per heavy atom. The Morgan fingerprint density at radius 2 is 1.91 bits per heavy atom. The molecule has 0 spiro atoms. The molecule has 0 saturated carbocycles. The van der Waals surface area contributed by atoms with E-state index in [-0.39, 0.29) is 10.5 Å². The Hall–Kier alpha value is -1.77. The maximum absolute atomic E-state index is 13.2. The van der Waals surface area contributed by atoms with Crippen LogP contribution in [0.5, 0.6) is 0 Å². The number of aryl methyl sites for hydroxylation is 1. The van der Waals surface area contributed by atoms with Gasteiger partial charge < -0.3 is 5.32 Å². The van der Waals surface area contributed by atoms with E-state index < -0.39 is 21.7 Å². The van der Waals surface area contributed by atoms with E-state index in [9.17, 15) is 17.6 Å². The molecule has 0 aliphatic rings. The number of hydrogen-bond donors (Lipinski definition) is 2. The fraction of sp³-hybridized carbons (Fsp3) is 0.0714. The third-order valence-corrected chi connectivity index (χ3v) is 4.56. The number of primary sulfonamides is 1. The van der Waals surface area contributed by atoms with Gasteiger partial charge in [-0.25, -0.2) is 17.9 Å². The molecule has 22 heavy (non-hydrogen) atoms. The van der Waals surface area contributed by atoms with E-state index in [1.165, 1.54) is 30.3 Å². The summed E-state index contributed by atoms with van der Waals surface area (Å²) in [5, 5.41) is 7.59. The molecule has 3 N–H and O–H groups in total. The van der Waals surface area contributed by atoms with E-state index in [0.29, 0.717) is 15.7 Å². The molecule has 0 saturated heterocycles. The standard InChI is InChI=1S/C14H12BrFN2O3S/c1-8-2-3-9(16)6-13(8)18-14(19)11-7-10(22(17,20)21)4-5-12(11)15/h2-7H,1H3,(H,18,19)(H2,17,20,21). The Balaban J connectivity index is 2.39. The van der Waals surface area contributed by atoms with Crippen molar-refractivity contribution in [2.75, 3.05) is 5.32 Å². The van der Waals surface area contributed by atoms with Crippen LogP contribution in [0.15, 0.2) is 45.8 Å². The van der Waals surface area contributed by atoms with Gasteiger partial charge in [0.15, 0.2) is 0 Å². The number of nitrogens with one attached hydrogen (secondary N) is 1. The van der Waals surface area contributed by atoms with Crippen molar-refractivity contribution in [1.29, 1.82) is 0 Å². The summed E-state index contributed by atoms with van der Waals surface area (Å²) in [6, 6.07) is 7.84. The molecule has 2 aromatic rings. The zero-order valence-corrected chi connectivity index (χ0v) is 13.8. The first-order chi connectivity index (χ1) is 10.2. The number of benzene rings is 2. The second-order valence-electron chi connectivity index (χ2n) is 4.60. The third kappa shape index (κ3) is 3.70. The number of halogens is 2. The van der Waals surface area contributed by atoms with E-state index in [4.69, 9.17) is 5.14 Å². The summed E-state index contributed by atoms with van der Waals surface area (Å²) in [6.45, 7) is 1.71. The van der Waals surface area contributed by atoms with Crippen molar-refractivity contribution in [3.8, 4) is 0 Å². The van der Waals surface area contributed by atoms with E-state index in [1.54, 1.807) is 6.92 Å². The summed E-state index contributed by atoms with van der Waals surface area (Å²) in [7, 11) is -3.92. The average molecular weight is 387 g/mol. The SMILES string of the molecule is Cc1ccc(F)cc1NC(=O)c1cc(S(N)(=O)=O)ccc1Br. The smallest absolute Gasteiger partial charge is 0.256 e. The average Bonchev–Trinajstić information content (AvgIpc) is 2.42. The highest BCUT2D eigenvalue weighted by atomic mass is 79.9. The minimum absolute atomic E-state index is 0.0789. The van der Waals surface area contributed by atoms with Gasteiger partial charge in [0.1, 0.15) is 5.82 Å². The predicted octanol–water partition coefficient (Wildman–Crippen LogP) is 2.80. The Bertz CT molecular complexity index is 853. The van der Waals surface area contributed by atoms with Gasteiger partial charge in [0.25, 0.3) is 5.91 Å². The van der Waals surface area contributed by atoms with Gasteiger partial charge in [0, 0.05) is 10.2 Å². The monoisotopic (exact) mass is 386 g/mol. The van der Waals surface area contributed by atoms with Crippen molar-refractivity contribution in [3.05, 3.63) is 57.8 Å². The predicted molar refractivity (Wildman–Crippen MR) is 84.6 cm³/mol. The van der Waals surface area contributed by atoms with Crippen LogP contribution in [0.25, 0.3) is 0 Å². The second kappa shape index (κ2) is 6.15. The molecule has 2 rings (SSSR count). The van der Waals surface area contributed by atoms with E-state index in [1.807, 2.05) is 0 Å². The van der Waals surface area contributed by atoms with E-state index >= 15 is 0 Å². The number of sulfonamides is 1. The lowest BCUT2D eigenvalue weighted by atomic mass is 10.1. The van der Waals surface area contributed by atoms with Crippen LogP contribution < -0.4 is 10.5 Å². The number of amides is 1. The fourth-order valence-electron chi connectivity index (χ4n) is 1.77. The van der Waals surface area contributed by atoms with Gasteiger partial charge in [-0.1, -0.05) is 6.07 Å².